The maximum atomic E-state index is 2.26. The molecule has 1 nitrogen and oxygen atoms in total. The second-order valence-electron chi connectivity index (χ2n) is 2.07. The highest BCUT2D eigenvalue weighted by molar-refractivity contribution is 7.99. The van der Waals surface area contributed by atoms with Gasteiger partial charge in [-0.3, -0.25) is 0 Å². The molecular formula is C8H13NS. The lowest BCUT2D eigenvalue weighted by Gasteiger charge is -2.02. The summed E-state index contributed by atoms with van der Waals surface area (Å²) in [5.41, 5.74) is 0. The highest BCUT2D eigenvalue weighted by atomic mass is 32.2. The molecule has 0 amide bonds. The zero-order valence-corrected chi connectivity index (χ0v) is 7.32. The fourth-order valence-electron chi connectivity index (χ4n) is 0.939. The van der Waals surface area contributed by atoms with E-state index in [0.29, 0.717) is 0 Å². The molecule has 0 spiro atoms. The molecule has 1 aromatic heterocycles. The fourth-order valence-corrected chi connectivity index (χ4v) is 1.76. The quantitative estimate of drug-likeness (QED) is 0.607. The average Bonchev–Trinajstić information content (AvgIpc) is 2.36. The lowest BCUT2D eigenvalue weighted by Crippen LogP contribution is -1.92. The molecule has 10 heavy (non-hydrogen) atoms. The first-order valence-electron chi connectivity index (χ1n) is 3.66. The summed E-state index contributed by atoms with van der Waals surface area (Å²) in [5, 5.41) is 1.38. The summed E-state index contributed by atoms with van der Waals surface area (Å²) in [6, 6.07) is 4.26. The van der Waals surface area contributed by atoms with Gasteiger partial charge >= 0.3 is 0 Å². The minimum Gasteiger partial charge on any atom is -0.343 e. The van der Waals surface area contributed by atoms with Crippen molar-refractivity contribution in [3.8, 4) is 0 Å². The van der Waals surface area contributed by atoms with Gasteiger partial charge in [0.1, 0.15) is 0 Å². The van der Waals surface area contributed by atoms with E-state index in [4.69, 9.17) is 0 Å². The van der Waals surface area contributed by atoms with Gasteiger partial charge < -0.3 is 4.57 Å². The summed E-state index contributed by atoms with van der Waals surface area (Å²) < 4.78 is 2.26. The Hall–Kier alpha value is -0.370. The van der Waals surface area contributed by atoms with Gasteiger partial charge in [-0.1, -0.05) is 6.92 Å². The van der Waals surface area contributed by atoms with Crippen LogP contribution in [0.4, 0.5) is 0 Å². The molecule has 0 atom stereocenters. The Balaban J connectivity index is 2.70. The molecule has 1 rings (SSSR count). The van der Waals surface area contributed by atoms with Gasteiger partial charge in [-0.15, -0.1) is 11.8 Å². The van der Waals surface area contributed by atoms with Crippen LogP contribution in [0.5, 0.6) is 0 Å². The van der Waals surface area contributed by atoms with E-state index in [1.165, 1.54) is 5.03 Å². The van der Waals surface area contributed by atoms with Crippen molar-refractivity contribution >= 4 is 11.8 Å². The third kappa shape index (κ3) is 1.57. The van der Waals surface area contributed by atoms with Crippen molar-refractivity contribution in [2.24, 2.45) is 0 Å². The number of nitrogens with zero attached hydrogens (tertiary/aromatic N) is 1. The van der Waals surface area contributed by atoms with Gasteiger partial charge in [0.05, 0.1) is 5.03 Å². The Kier molecular flexibility index (Phi) is 2.87. The molecule has 0 aliphatic heterocycles. The Bertz CT molecular complexity index is 193. The maximum absolute atomic E-state index is 2.26. The minimum atomic E-state index is 1.08. The number of thioether (sulfide) groups is 1. The summed E-state index contributed by atoms with van der Waals surface area (Å²) in [4.78, 5) is 0. The van der Waals surface area contributed by atoms with E-state index >= 15 is 0 Å². The highest BCUT2D eigenvalue weighted by Crippen LogP contribution is 2.17. The molecule has 0 aliphatic rings. The van der Waals surface area contributed by atoms with E-state index < -0.39 is 0 Å². The fraction of sp³-hybridized carbons (Fsp3) is 0.500. The van der Waals surface area contributed by atoms with Gasteiger partial charge in [0.15, 0.2) is 0 Å². The predicted molar refractivity (Wildman–Crippen MR) is 46.5 cm³/mol. The van der Waals surface area contributed by atoms with Crippen molar-refractivity contribution < 1.29 is 0 Å². The average molecular weight is 155 g/mol. The van der Waals surface area contributed by atoms with Crippen molar-refractivity contribution in [2.75, 3.05) is 5.75 Å². The Morgan fingerprint density at radius 2 is 2.30 bits per heavy atom. The molecule has 0 saturated heterocycles. The summed E-state index contributed by atoms with van der Waals surface area (Å²) in [7, 11) is 0. The molecule has 0 fully saturated rings. The molecule has 0 bridgehead atoms. The smallest absolute Gasteiger partial charge is 0.0747 e. The van der Waals surface area contributed by atoms with Crippen molar-refractivity contribution in [3.63, 3.8) is 0 Å². The van der Waals surface area contributed by atoms with E-state index in [1.807, 2.05) is 11.8 Å². The van der Waals surface area contributed by atoms with Crippen molar-refractivity contribution in [3.05, 3.63) is 18.3 Å². The Morgan fingerprint density at radius 1 is 1.50 bits per heavy atom. The molecule has 0 saturated carbocycles. The lowest BCUT2D eigenvalue weighted by molar-refractivity contribution is 0.703. The summed E-state index contributed by atoms with van der Waals surface area (Å²) in [6.07, 6.45) is 2.12. The van der Waals surface area contributed by atoms with E-state index in [2.05, 4.69) is 36.7 Å². The zero-order chi connectivity index (χ0) is 7.40. The number of hydrogen-bond donors (Lipinski definition) is 0. The molecule has 56 valence electrons. The molecule has 0 aliphatic carbocycles. The van der Waals surface area contributed by atoms with Gasteiger partial charge in [0.25, 0.3) is 0 Å². The predicted octanol–water partition coefficient (Wildman–Crippen LogP) is 2.62. The largest absolute Gasteiger partial charge is 0.343 e. The summed E-state index contributed by atoms with van der Waals surface area (Å²) >= 11 is 1.90. The molecule has 1 heterocycles. The van der Waals surface area contributed by atoms with Crippen LogP contribution in [0.2, 0.25) is 0 Å². The molecule has 0 radical (unpaired) electrons. The first-order valence-corrected chi connectivity index (χ1v) is 4.65. The van der Waals surface area contributed by atoms with Crippen LogP contribution in [0.15, 0.2) is 23.4 Å². The first kappa shape index (κ1) is 7.73. The monoisotopic (exact) mass is 155 g/mol. The van der Waals surface area contributed by atoms with Crippen LogP contribution in [0.1, 0.15) is 13.8 Å². The van der Waals surface area contributed by atoms with Crippen molar-refractivity contribution in [2.45, 2.75) is 25.4 Å². The highest BCUT2D eigenvalue weighted by Gasteiger charge is 1.95. The van der Waals surface area contributed by atoms with Crippen molar-refractivity contribution in [1.82, 2.24) is 4.57 Å². The second kappa shape index (κ2) is 3.71. The third-order valence-corrected chi connectivity index (χ3v) is 2.38. The Morgan fingerprint density at radius 3 is 2.90 bits per heavy atom. The molecule has 2 heteroatoms. The van der Waals surface area contributed by atoms with E-state index in [0.717, 1.165) is 12.3 Å². The number of aryl methyl sites for hydroxylation is 1. The summed E-state index contributed by atoms with van der Waals surface area (Å²) in [6.45, 7) is 5.42. The van der Waals surface area contributed by atoms with Crippen LogP contribution in [0, 0.1) is 0 Å². The molecule has 1 aromatic rings. The minimum absolute atomic E-state index is 1.08. The van der Waals surface area contributed by atoms with Gasteiger partial charge in [-0.25, -0.2) is 0 Å². The van der Waals surface area contributed by atoms with Gasteiger partial charge in [-0.05, 0) is 24.8 Å². The van der Waals surface area contributed by atoms with Crippen LogP contribution in [-0.2, 0) is 6.54 Å². The van der Waals surface area contributed by atoms with E-state index in [-0.39, 0.29) is 0 Å². The first-order chi connectivity index (χ1) is 4.88. The van der Waals surface area contributed by atoms with Crippen LogP contribution in [0.3, 0.4) is 0 Å². The van der Waals surface area contributed by atoms with E-state index in [1.54, 1.807) is 0 Å². The molecule has 0 N–H and O–H groups in total. The number of rotatable bonds is 3. The number of aromatic nitrogens is 1. The van der Waals surface area contributed by atoms with Crippen molar-refractivity contribution in [1.29, 1.82) is 0 Å². The van der Waals surface area contributed by atoms with Crippen LogP contribution in [0.25, 0.3) is 0 Å². The van der Waals surface area contributed by atoms with E-state index in [9.17, 15) is 0 Å². The van der Waals surface area contributed by atoms with Crippen LogP contribution >= 0.6 is 11.8 Å². The lowest BCUT2D eigenvalue weighted by atomic mass is 10.7. The normalized spacial score (nSPS) is 10.2. The standard InChI is InChI=1S/C8H13NS/c1-3-9-7-5-6-8(9)10-4-2/h5-7H,3-4H2,1-2H3. The Labute approximate surface area is 66.4 Å². The van der Waals surface area contributed by atoms with Gasteiger partial charge in [0.2, 0.25) is 0 Å². The second-order valence-corrected chi connectivity index (χ2v) is 3.35. The third-order valence-electron chi connectivity index (χ3n) is 1.42. The number of hydrogen-bond acceptors (Lipinski definition) is 1. The molecule has 0 aromatic carbocycles. The topological polar surface area (TPSA) is 4.93 Å². The SMILES string of the molecule is CCSc1cccn1CC. The maximum Gasteiger partial charge on any atom is 0.0747 e. The molecule has 0 unspecified atom stereocenters. The molecular weight excluding hydrogens is 142 g/mol. The zero-order valence-electron chi connectivity index (χ0n) is 6.50. The summed E-state index contributed by atoms with van der Waals surface area (Å²) in [5.74, 6) is 1.16. The van der Waals surface area contributed by atoms with Crippen LogP contribution < -0.4 is 0 Å². The van der Waals surface area contributed by atoms with Crippen LogP contribution in [-0.4, -0.2) is 10.3 Å². The van der Waals surface area contributed by atoms with Gasteiger partial charge in [-0.2, -0.15) is 0 Å². The van der Waals surface area contributed by atoms with Gasteiger partial charge in [0, 0.05) is 12.7 Å².